The molecular formula is C22H29N3O. The van der Waals surface area contributed by atoms with E-state index in [1.165, 1.54) is 24.0 Å². The second-order valence-electron chi connectivity index (χ2n) is 7.59. The predicted molar refractivity (Wildman–Crippen MR) is 106 cm³/mol. The minimum absolute atomic E-state index is 0.0643. The summed E-state index contributed by atoms with van der Waals surface area (Å²) in [5.74, 6) is 0.743. The minimum atomic E-state index is 0.0643. The number of aryl methyl sites for hydroxylation is 2. The van der Waals surface area contributed by atoms with Gasteiger partial charge in [0.2, 0.25) is 5.91 Å². The summed E-state index contributed by atoms with van der Waals surface area (Å²) in [6.07, 6.45) is 6.09. The van der Waals surface area contributed by atoms with Gasteiger partial charge in [-0.1, -0.05) is 29.8 Å². The van der Waals surface area contributed by atoms with Crippen LogP contribution in [0.1, 0.15) is 47.8 Å². The van der Waals surface area contributed by atoms with Gasteiger partial charge in [-0.3, -0.25) is 9.48 Å². The molecule has 1 aliphatic carbocycles. The van der Waals surface area contributed by atoms with Crippen molar-refractivity contribution in [2.75, 3.05) is 7.05 Å². The van der Waals surface area contributed by atoms with Crippen molar-refractivity contribution in [1.29, 1.82) is 0 Å². The van der Waals surface area contributed by atoms with E-state index in [1.807, 2.05) is 29.6 Å². The molecule has 0 bridgehead atoms. The molecule has 1 aromatic heterocycles. The van der Waals surface area contributed by atoms with Gasteiger partial charge >= 0.3 is 0 Å². The molecule has 1 aliphatic rings. The van der Waals surface area contributed by atoms with Gasteiger partial charge in [-0.05, 0) is 58.1 Å². The van der Waals surface area contributed by atoms with Crippen molar-refractivity contribution >= 4 is 12.0 Å². The molecular weight excluding hydrogens is 322 g/mol. The van der Waals surface area contributed by atoms with Crippen LogP contribution in [0.15, 0.2) is 30.3 Å². The number of amides is 1. The molecule has 26 heavy (non-hydrogen) atoms. The van der Waals surface area contributed by atoms with Crippen molar-refractivity contribution in [3.63, 3.8) is 0 Å². The van der Waals surface area contributed by atoms with E-state index in [0.717, 1.165) is 23.5 Å². The Morgan fingerprint density at radius 3 is 2.54 bits per heavy atom. The average molecular weight is 351 g/mol. The van der Waals surface area contributed by atoms with Crippen LogP contribution in [0.5, 0.6) is 0 Å². The number of aromatic nitrogens is 2. The average Bonchev–Trinajstić information content (AvgIpc) is 3.42. The summed E-state index contributed by atoms with van der Waals surface area (Å²) in [5.41, 5.74) is 5.57. The summed E-state index contributed by atoms with van der Waals surface area (Å²) in [5, 5.41) is 4.66. The normalized spacial score (nSPS) is 15.4. The van der Waals surface area contributed by atoms with Gasteiger partial charge < -0.3 is 4.90 Å². The zero-order chi connectivity index (χ0) is 18.8. The second-order valence-corrected chi connectivity index (χ2v) is 7.59. The van der Waals surface area contributed by atoms with Crippen molar-refractivity contribution < 1.29 is 4.79 Å². The Morgan fingerprint density at radius 1 is 1.27 bits per heavy atom. The van der Waals surface area contributed by atoms with Crippen molar-refractivity contribution in [2.45, 2.75) is 53.1 Å². The van der Waals surface area contributed by atoms with Gasteiger partial charge in [-0.15, -0.1) is 0 Å². The van der Waals surface area contributed by atoms with Crippen molar-refractivity contribution in [3.05, 3.63) is 58.4 Å². The lowest BCUT2D eigenvalue weighted by atomic mass is 10.1. The van der Waals surface area contributed by atoms with E-state index < -0.39 is 0 Å². The Morgan fingerprint density at radius 2 is 1.92 bits per heavy atom. The van der Waals surface area contributed by atoms with Crippen LogP contribution in [-0.4, -0.2) is 33.7 Å². The molecule has 138 valence electrons. The highest BCUT2D eigenvalue weighted by Gasteiger charge is 2.31. The molecule has 1 aromatic carbocycles. The maximum Gasteiger partial charge on any atom is 0.246 e. The van der Waals surface area contributed by atoms with Crippen LogP contribution in [0.4, 0.5) is 0 Å². The molecule has 1 amide bonds. The van der Waals surface area contributed by atoms with Gasteiger partial charge in [0.1, 0.15) is 0 Å². The van der Waals surface area contributed by atoms with Gasteiger partial charge in [0.05, 0.1) is 12.2 Å². The van der Waals surface area contributed by atoms with Crippen molar-refractivity contribution in [3.8, 4) is 0 Å². The van der Waals surface area contributed by atoms with E-state index in [4.69, 9.17) is 0 Å². The lowest BCUT2D eigenvalue weighted by Gasteiger charge is -2.23. The molecule has 1 unspecified atom stereocenters. The van der Waals surface area contributed by atoms with Gasteiger partial charge in [-0.2, -0.15) is 5.10 Å². The fourth-order valence-electron chi connectivity index (χ4n) is 3.34. The van der Waals surface area contributed by atoms with E-state index in [9.17, 15) is 4.79 Å². The van der Waals surface area contributed by atoms with Gasteiger partial charge in [-0.25, -0.2) is 0 Å². The molecule has 0 saturated heterocycles. The zero-order valence-corrected chi connectivity index (χ0v) is 16.5. The number of hydrogen-bond donors (Lipinski definition) is 0. The van der Waals surface area contributed by atoms with Crippen LogP contribution >= 0.6 is 0 Å². The molecule has 1 saturated carbocycles. The molecule has 0 aliphatic heterocycles. The van der Waals surface area contributed by atoms with Crippen LogP contribution < -0.4 is 0 Å². The molecule has 1 atom stereocenters. The lowest BCUT2D eigenvalue weighted by molar-refractivity contribution is -0.126. The number of hydrogen-bond acceptors (Lipinski definition) is 2. The van der Waals surface area contributed by atoms with Crippen LogP contribution in [0.2, 0.25) is 0 Å². The standard InChI is InChI=1S/C22H29N3O/c1-15-6-8-19(9-7-15)14-25-18(4)21(16(2)23-25)12-13-22(26)24(5)17(3)20-10-11-20/h6-9,12-13,17,20H,10-11,14H2,1-5H3/b13-12+. The van der Waals surface area contributed by atoms with Gasteiger partial charge in [0.25, 0.3) is 0 Å². The van der Waals surface area contributed by atoms with Crippen molar-refractivity contribution in [1.82, 2.24) is 14.7 Å². The van der Waals surface area contributed by atoms with E-state index in [2.05, 4.69) is 50.1 Å². The highest BCUT2D eigenvalue weighted by atomic mass is 16.2. The first kappa shape index (κ1) is 18.4. The third-order valence-electron chi connectivity index (χ3n) is 5.55. The molecule has 2 aromatic rings. The SMILES string of the molecule is Cc1ccc(Cn2nc(C)c(/C=C/C(=O)N(C)C(C)C3CC3)c2C)cc1. The number of benzene rings is 1. The van der Waals surface area contributed by atoms with Crippen LogP contribution in [0, 0.1) is 26.7 Å². The van der Waals surface area contributed by atoms with E-state index in [1.54, 1.807) is 6.08 Å². The molecule has 3 rings (SSSR count). The summed E-state index contributed by atoms with van der Waals surface area (Å²) >= 11 is 0. The largest absolute Gasteiger partial charge is 0.339 e. The molecule has 0 spiro atoms. The van der Waals surface area contributed by atoms with Gasteiger partial charge in [0.15, 0.2) is 0 Å². The fourth-order valence-corrected chi connectivity index (χ4v) is 3.34. The van der Waals surface area contributed by atoms with Gasteiger partial charge in [0, 0.05) is 30.4 Å². The molecule has 0 radical (unpaired) electrons. The van der Waals surface area contributed by atoms with Crippen molar-refractivity contribution in [2.24, 2.45) is 5.92 Å². The zero-order valence-electron chi connectivity index (χ0n) is 16.5. The predicted octanol–water partition coefficient (Wildman–Crippen LogP) is 4.13. The van der Waals surface area contributed by atoms with Crippen LogP contribution in [0.25, 0.3) is 6.08 Å². The number of carbonyl (C=O) groups excluding carboxylic acids is 1. The molecule has 4 heteroatoms. The number of carbonyl (C=O) groups is 1. The van der Waals surface area contributed by atoms with E-state index >= 15 is 0 Å². The topological polar surface area (TPSA) is 38.1 Å². The highest BCUT2D eigenvalue weighted by Crippen LogP contribution is 2.34. The summed E-state index contributed by atoms with van der Waals surface area (Å²) in [7, 11) is 1.90. The molecule has 4 nitrogen and oxygen atoms in total. The Bertz CT molecular complexity index is 813. The number of rotatable bonds is 6. The number of nitrogens with zero attached hydrogens (tertiary/aromatic N) is 3. The quantitative estimate of drug-likeness (QED) is 0.734. The van der Waals surface area contributed by atoms with E-state index in [0.29, 0.717) is 12.0 Å². The first-order valence-electron chi connectivity index (χ1n) is 9.41. The summed E-state index contributed by atoms with van der Waals surface area (Å²) in [6.45, 7) is 9.04. The number of likely N-dealkylation sites (N-methyl/N-ethyl adjacent to an activating group) is 1. The molecule has 1 heterocycles. The third kappa shape index (κ3) is 4.06. The molecule has 0 N–H and O–H groups in total. The Balaban J connectivity index is 1.72. The van der Waals surface area contributed by atoms with Crippen LogP contribution in [0.3, 0.4) is 0 Å². The Kier molecular flexibility index (Phi) is 5.30. The maximum absolute atomic E-state index is 12.5. The Hall–Kier alpha value is -2.36. The first-order valence-corrected chi connectivity index (χ1v) is 9.41. The lowest BCUT2D eigenvalue weighted by Crippen LogP contribution is -2.35. The molecule has 1 fully saturated rings. The summed E-state index contributed by atoms with van der Waals surface area (Å²) in [6, 6.07) is 8.84. The monoisotopic (exact) mass is 351 g/mol. The third-order valence-corrected chi connectivity index (χ3v) is 5.55. The van der Waals surface area contributed by atoms with E-state index in [-0.39, 0.29) is 5.91 Å². The maximum atomic E-state index is 12.5. The Labute approximate surface area is 156 Å². The highest BCUT2D eigenvalue weighted by molar-refractivity contribution is 5.92. The smallest absolute Gasteiger partial charge is 0.246 e. The van der Waals surface area contributed by atoms with Crippen LogP contribution in [-0.2, 0) is 11.3 Å². The fraction of sp³-hybridized carbons (Fsp3) is 0.455. The first-order chi connectivity index (χ1) is 12.4. The summed E-state index contributed by atoms with van der Waals surface area (Å²) < 4.78 is 2.01. The summed E-state index contributed by atoms with van der Waals surface area (Å²) in [4.78, 5) is 14.3. The minimum Gasteiger partial charge on any atom is -0.339 e. The second kappa shape index (κ2) is 7.48.